The smallest absolute Gasteiger partial charge is 0.126 e. The van der Waals surface area contributed by atoms with Crippen LogP contribution in [0.4, 0.5) is 8.78 Å². The summed E-state index contributed by atoms with van der Waals surface area (Å²) in [5.41, 5.74) is -0.102. The normalized spacial score (nSPS) is 20.7. The maximum atomic E-state index is 13.4. The van der Waals surface area contributed by atoms with Crippen LogP contribution in [-0.4, -0.2) is 29.6 Å². The fourth-order valence-corrected chi connectivity index (χ4v) is 3.35. The number of rotatable bonds is 3. The lowest BCUT2D eigenvalue weighted by atomic mass is 9.80. The van der Waals surface area contributed by atoms with E-state index in [1.165, 1.54) is 12.1 Å². The van der Waals surface area contributed by atoms with E-state index in [-0.39, 0.29) is 0 Å². The van der Waals surface area contributed by atoms with Crippen molar-refractivity contribution < 1.29 is 13.9 Å². The molecule has 1 atom stereocenters. The van der Waals surface area contributed by atoms with Gasteiger partial charge in [-0.05, 0) is 44.6 Å². The van der Waals surface area contributed by atoms with Crippen molar-refractivity contribution in [3.63, 3.8) is 0 Å². The molecule has 0 saturated heterocycles. The topological polar surface area (TPSA) is 23.5 Å². The van der Waals surface area contributed by atoms with Crippen molar-refractivity contribution in [1.82, 2.24) is 4.90 Å². The molecule has 1 unspecified atom stereocenters. The Morgan fingerprint density at radius 2 is 1.50 bits per heavy atom. The number of hydrogen-bond acceptors (Lipinski definition) is 2. The van der Waals surface area contributed by atoms with Gasteiger partial charge in [-0.1, -0.05) is 25.7 Å². The lowest BCUT2D eigenvalue weighted by Gasteiger charge is -2.43. The summed E-state index contributed by atoms with van der Waals surface area (Å²) in [5.74, 6) is -1.27. The molecule has 4 heteroatoms. The van der Waals surface area contributed by atoms with Gasteiger partial charge >= 0.3 is 0 Å². The van der Waals surface area contributed by atoms with Crippen LogP contribution in [0.25, 0.3) is 0 Å². The molecule has 1 aromatic rings. The molecular weight excluding hydrogens is 260 g/mol. The van der Waals surface area contributed by atoms with Crippen molar-refractivity contribution in [1.29, 1.82) is 0 Å². The number of hydrogen-bond donors (Lipinski definition) is 1. The van der Waals surface area contributed by atoms with E-state index in [1.54, 1.807) is 0 Å². The average Bonchev–Trinajstić information content (AvgIpc) is 2.63. The van der Waals surface area contributed by atoms with Crippen LogP contribution >= 0.6 is 0 Å². The van der Waals surface area contributed by atoms with E-state index in [0.717, 1.165) is 44.6 Å². The second-order valence-electron chi connectivity index (χ2n) is 6.02. The Bertz CT molecular complexity index is 434. The first-order chi connectivity index (χ1) is 9.45. The minimum atomic E-state index is -0.874. The molecule has 0 aliphatic heterocycles. The Kier molecular flexibility index (Phi) is 4.76. The van der Waals surface area contributed by atoms with Gasteiger partial charge in [-0.3, -0.25) is 0 Å². The lowest BCUT2D eigenvalue weighted by Crippen LogP contribution is -2.49. The summed E-state index contributed by atoms with van der Waals surface area (Å²) in [7, 11) is 3.87. The molecule has 0 spiro atoms. The highest BCUT2D eigenvalue weighted by Gasteiger charge is 2.41. The summed E-state index contributed by atoms with van der Waals surface area (Å²) in [6.45, 7) is 0. The van der Waals surface area contributed by atoms with Gasteiger partial charge < -0.3 is 10.0 Å². The molecule has 1 fully saturated rings. The first kappa shape index (κ1) is 15.4. The first-order valence-electron chi connectivity index (χ1n) is 7.27. The third kappa shape index (κ3) is 3.01. The Hall–Kier alpha value is -1.00. The third-order valence-corrected chi connectivity index (χ3v) is 4.57. The van der Waals surface area contributed by atoms with Gasteiger partial charge in [-0.2, -0.15) is 0 Å². The molecule has 1 aliphatic carbocycles. The molecule has 2 rings (SSSR count). The molecule has 0 radical (unpaired) electrons. The Morgan fingerprint density at radius 3 is 1.95 bits per heavy atom. The van der Waals surface area contributed by atoms with Gasteiger partial charge in [0.25, 0.3) is 0 Å². The first-order valence-corrected chi connectivity index (χ1v) is 7.27. The van der Waals surface area contributed by atoms with Gasteiger partial charge in [-0.15, -0.1) is 0 Å². The van der Waals surface area contributed by atoms with E-state index < -0.39 is 23.3 Å². The van der Waals surface area contributed by atoms with Crippen molar-refractivity contribution in [3.05, 3.63) is 35.4 Å². The number of aliphatic hydroxyl groups is 1. The van der Waals surface area contributed by atoms with Crippen molar-refractivity contribution in [3.8, 4) is 0 Å². The van der Waals surface area contributed by atoms with E-state index in [1.807, 2.05) is 19.0 Å². The zero-order chi connectivity index (χ0) is 14.8. The fraction of sp³-hybridized carbons (Fsp3) is 0.625. The zero-order valence-electron chi connectivity index (χ0n) is 12.2. The van der Waals surface area contributed by atoms with Crippen LogP contribution < -0.4 is 0 Å². The summed E-state index contributed by atoms with van der Waals surface area (Å²) in [5, 5.41) is 10.8. The quantitative estimate of drug-likeness (QED) is 0.856. The van der Waals surface area contributed by atoms with Crippen molar-refractivity contribution in [2.45, 2.75) is 50.2 Å². The van der Waals surface area contributed by atoms with E-state index in [0.29, 0.717) is 5.56 Å². The van der Waals surface area contributed by atoms with E-state index in [4.69, 9.17) is 0 Å². The molecule has 20 heavy (non-hydrogen) atoms. The number of halogens is 2. The average molecular weight is 283 g/mol. The molecule has 0 aromatic heterocycles. The number of benzene rings is 1. The zero-order valence-corrected chi connectivity index (χ0v) is 12.2. The standard InChI is InChI=1S/C16H23F2NO/c1-19(2)16(7-5-3-4-6-8-16)15(20)12-9-13(17)11-14(18)10-12/h9-11,15,20H,3-8H2,1-2H3. The second kappa shape index (κ2) is 6.19. The highest BCUT2D eigenvalue weighted by atomic mass is 19.1. The summed E-state index contributed by atoms with van der Waals surface area (Å²) >= 11 is 0. The minimum Gasteiger partial charge on any atom is -0.386 e. The number of aliphatic hydroxyl groups excluding tert-OH is 1. The molecule has 1 N–H and O–H groups in total. The largest absolute Gasteiger partial charge is 0.386 e. The molecule has 1 aromatic carbocycles. The molecule has 0 amide bonds. The lowest BCUT2D eigenvalue weighted by molar-refractivity contribution is -0.0201. The molecule has 1 aliphatic rings. The predicted octanol–water partition coefficient (Wildman–Crippen LogP) is 3.65. The van der Waals surface area contributed by atoms with Crippen LogP contribution in [-0.2, 0) is 0 Å². The van der Waals surface area contributed by atoms with Gasteiger partial charge in [0.2, 0.25) is 0 Å². The van der Waals surface area contributed by atoms with E-state index in [2.05, 4.69) is 0 Å². The predicted molar refractivity (Wildman–Crippen MR) is 75.4 cm³/mol. The molecule has 2 nitrogen and oxygen atoms in total. The van der Waals surface area contributed by atoms with Gasteiger partial charge in [0.1, 0.15) is 11.6 Å². The molecule has 0 heterocycles. The Balaban J connectivity index is 2.37. The second-order valence-corrected chi connectivity index (χ2v) is 6.02. The SMILES string of the molecule is CN(C)C1(C(O)c2cc(F)cc(F)c2)CCCCCC1. The third-order valence-electron chi connectivity index (χ3n) is 4.57. The van der Waals surface area contributed by atoms with Crippen LogP contribution in [0.15, 0.2) is 18.2 Å². The van der Waals surface area contributed by atoms with Crippen molar-refractivity contribution in [2.24, 2.45) is 0 Å². The number of nitrogens with zero attached hydrogens (tertiary/aromatic N) is 1. The molecule has 112 valence electrons. The maximum Gasteiger partial charge on any atom is 0.126 e. The van der Waals surface area contributed by atoms with Gasteiger partial charge in [0.15, 0.2) is 0 Å². The maximum absolute atomic E-state index is 13.4. The Labute approximate surface area is 119 Å². The summed E-state index contributed by atoms with van der Waals surface area (Å²) < 4.78 is 26.8. The summed E-state index contributed by atoms with van der Waals surface area (Å²) in [6.07, 6.45) is 5.19. The minimum absolute atomic E-state index is 0.332. The van der Waals surface area contributed by atoms with Crippen LogP contribution in [0.2, 0.25) is 0 Å². The van der Waals surface area contributed by atoms with Crippen LogP contribution in [0, 0.1) is 11.6 Å². The molecular formula is C16H23F2NO. The molecule has 1 saturated carbocycles. The van der Waals surface area contributed by atoms with E-state index in [9.17, 15) is 13.9 Å². The molecule has 0 bridgehead atoms. The monoisotopic (exact) mass is 283 g/mol. The van der Waals surface area contributed by atoms with Crippen LogP contribution in [0.5, 0.6) is 0 Å². The van der Waals surface area contributed by atoms with Gasteiger partial charge in [0, 0.05) is 6.07 Å². The fourth-order valence-electron chi connectivity index (χ4n) is 3.35. The summed E-state index contributed by atoms with van der Waals surface area (Å²) in [6, 6.07) is 3.32. The highest BCUT2D eigenvalue weighted by molar-refractivity contribution is 5.24. The number of likely N-dealkylation sites (N-methyl/N-ethyl adjacent to an activating group) is 1. The van der Waals surface area contributed by atoms with E-state index >= 15 is 0 Å². The van der Waals surface area contributed by atoms with Crippen molar-refractivity contribution >= 4 is 0 Å². The van der Waals surface area contributed by atoms with Crippen molar-refractivity contribution in [2.75, 3.05) is 14.1 Å². The Morgan fingerprint density at radius 1 is 1.00 bits per heavy atom. The summed E-state index contributed by atoms with van der Waals surface area (Å²) in [4.78, 5) is 2.02. The van der Waals surface area contributed by atoms with Gasteiger partial charge in [0.05, 0.1) is 11.6 Å². The van der Waals surface area contributed by atoms with Crippen LogP contribution in [0.3, 0.4) is 0 Å². The van der Waals surface area contributed by atoms with Gasteiger partial charge in [-0.25, -0.2) is 8.78 Å². The highest BCUT2D eigenvalue weighted by Crippen LogP contribution is 2.41. The van der Waals surface area contributed by atoms with Crippen LogP contribution in [0.1, 0.15) is 50.2 Å².